The Morgan fingerprint density at radius 1 is 0.830 bits per heavy atom. The first-order chi connectivity index (χ1) is 22.7. The largest absolute Gasteiger partial charge is 0.497 e. The standard InChI is InChI=1S/C37H40ClN3O5S/c1-46-33-21-23-34(24-22-33)47(44,45)41(32-15-9-4-10-16-32)27-36(42)40(26-29-17-19-30(38)20-18-29)35(25-28-11-5-2-6-12-28)37(43)39-31-13-7-3-8-14-31/h2,4-6,9-12,15-24,31,35H,3,7-8,13-14,25-27H2,1H3,(H,39,43)/t35-/m0/s1. The third kappa shape index (κ3) is 8.93. The Hall–Kier alpha value is -4.34. The van der Waals surface area contributed by atoms with Crippen LogP contribution in [0.25, 0.3) is 0 Å². The van der Waals surface area contributed by atoms with Gasteiger partial charge >= 0.3 is 0 Å². The summed E-state index contributed by atoms with van der Waals surface area (Å²) in [6.07, 6.45) is 5.25. The monoisotopic (exact) mass is 673 g/mol. The van der Waals surface area contributed by atoms with Crippen LogP contribution in [0.1, 0.15) is 43.2 Å². The first-order valence-electron chi connectivity index (χ1n) is 15.8. The number of hydrogen-bond acceptors (Lipinski definition) is 5. The number of ether oxygens (including phenoxy) is 1. The van der Waals surface area contributed by atoms with E-state index >= 15 is 0 Å². The van der Waals surface area contributed by atoms with Crippen LogP contribution >= 0.6 is 11.6 Å². The van der Waals surface area contributed by atoms with E-state index in [4.69, 9.17) is 16.3 Å². The number of hydrogen-bond donors (Lipinski definition) is 1. The Balaban J connectivity index is 1.54. The molecule has 246 valence electrons. The summed E-state index contributed by atoms with van der Waals surface area (Å²) in [5.41, 5.74) is 1.97. The van der Waals surface area contributed by atoms with Crippen LogP contribution in [0.3, 0.4) is 0 Å². The Kier molecular flexibility index (Phi) is 11.6. The average Bonchev–Trinajstić information content (AvgIpc) is 3.10. The molecule has 10 heteroatoms. The number of nitrogens with one attached hydrogen (secondary N) is 1. The summed E-state index contributed by atoms with van der Waals surface area (Å²) < 4.78 is 34.7. The highest BCUT2D eigenvalue weighted by atomic mass is 35.5. The van der Waals surface area contributed by atoms with Gasteiger partial charge in [-0.15, -0.1) is 0 Å². The molecular formula is C37H40ClN3O5S. The number of nitrogens with zero attached hydrogens (tertiary/aromatic N) is 2. The summed E-state index contributed by atoms with van der Waals surface area (Å²) in [5.74, 6) is -0.263. The van der Waals surface area contributed by atoms with Gasteiger partial charge in [0, 0.05) is 24.0 Å². The quantitative estimate of drug-likeness (QED) is 0.172. The Morgan fingerprint density at radius 2 is 1.45 bits per heavy atom. The minimum atomic E-state index is -4.20. The third-order valence-corrected chi connectivity index (χ3v) is 10.5. The second-order valence-corrected chi connectivity index (χ2v) is 14.0. The van der Waals surface area contributed by atoms with Gasteiger partial charge in [0.15, 0.2) is 0 Å². The molecule has 0 spiro atoms. The second kappa shape index (κ2) is 16.0. The number of benzene rings is 4. The van der Waals surface area contributed by atoms with Crippen molar-refractivity contribution in [3.05, 3.63) is 125 Å². The summed E-state index contributed by atoms with van der Waals surface area (Å²) in [5, 5.41) is 3.77. The molecule has 0 aromatic heterocycles. The van der Waals surface area contributed by atoms with Crippen molar-refractivity contribution in [1.82, 2.24) is 10.2 Å². The number of methoxy groups -OCH3 is 1. The lowest BCUT2D eigenvalue weighted by molar-refractivity contribution is -0.140. The molecule has 8 nitrogen and oxygen atoms in total. The van der Waals surface area contributed by atoms with Gasteiger partial charge in [-0.25, -0.2) is 8.42 Å². The lowest BCUT2D eigenvalue weighted by Gasteiger charge is -2.35. The van der Waals surface area contributed by atoms with Gasteiger partial charge in [-0.3, -0.25) is 13.9 Å². The summed E-state index contributed by atoms with van der Waals surface area (Å²) in [6.45, 7) is -0.440. The molecule has 0 radical (unpaired) electrons. The molecular weight excluding hydrogens is 634 g/mol. The van der Waals surface area contributed by atoms with Crippen molar-refractivity contribution in [3.8, 4) is 5.75 Å². The first kappa shape index (κ1) is 34.0. The smallest absolute Gasteiger partial charge is 0.264 e. The minimum Gasteiger partial charge on any atom is -0.497 e. The van der Waals surface area contributed by atoms with Crippen molar-refractivity contribution in [2.24, 2.45) is 0 Å². The zero-order valence-corrected chi connectivity index (χ0v) is 28.0. The Labute approximate surface area is 282 Å². The molecule has 1 aliphatic carbocycles. The highest BCUT2D eigenvalue weighted by Crippen LogP contribution is 2.27. The zero-order chi connectivity index (χ0) is 33.2. The highest BCUT2D eigenvalue weighted by Gasteiger charge is 2.35. The molecule has 0 bridgehead atoms. The van der Waals surface area contributed by atoms with E-state index in [2.05, 4.69) is 5.32 Å². The van der Waals surface area contributed by atoms with Gasteiger partial charge < -0.3 is 15.0 Å². The van der Waals surface area contributed by atoms with E-state index in [1.54, 1.807) is 54.6 Å². The molecule has 47 heavy (non-hydrogen) atoms. The fraction of sp³-hybridized carbons (Fsp3) is 0.297. The van der Waals surface area contributed by atoms with Crippen LogP contribution in [0.2, 0.25) is 5.02 Å². The van der Waals surface area contributed by atoms with Crippen molar-refractivity contribution in [2.45, 2.75) is 62.0 Å². The SMILES string of the molecule is COc1ccc(S(=O)(=O)N(CC(=O)N(Cc2ccc(Cl)cc2)[C@@H](Cc2ccccc2)C(=O)NC2CCCCC2)c2ccccc2)cc1. The van der Waals surface area contributed by atoms with E-state index < -0.39 is 28.5 Å². The normalized spacial score (nSPS) is 14.2. The van der Waals surface area contributed by atoms with Crippen LogP contribution in [0.4, 0.5) is 5.69 Å². The van der Waals surface area contributed by atoms with E-state index in [-0.39, 0.29) is 29.8 Å². The molecule has 0 aliphatic heterocycles. The van der Waals surface area contributed by atoms with Crippen molar-refractivity contribution in [3.63, 3.8) is 0 Å². The maximum absolute atomic E-state index is 14.6. The van der Waals surface area contributed by atoms with Crippen LogP contribution in [0.15, 0.2) is 114 Å². The molecule has 0 unspecified atom stereocenters. The molecule has 0 heterocycles. The lowest BCUT2D eigenvalue weighted by atomic mass is 9.94. The number of carbonyl (C=O) groups excluding carboxylic acids is 2. The van der Waals surface area contributed by atoms with Crippen molar-refractivity contribution < 1.29 is 22.7 Å². The number of amides is 2. The summed E-state index contributed by atoms with van der Waals surface area (Å²) >= 11 is 6.18. The zero-order valence-electron chi connectivity index (χ0n) is 26.4. The van der Waals surface area contributed by atoms with Crippen LogP contribution in [0.5, 0.6) is 5.75 Å². The minimum absolute atomic E-state index is 0.00933. The summed E-state index contributed by atoms with van der Waals surface area (Å²) in [7, 11) is -2.70. The van der Waals surface area contributed by atoms with E-state index in [1.165, 1.54) is 24.1 Å². The molecule has 0 saturated heterocycles. The summed E-state index contributed by atoms with van der Waals surface area (Å²) in [4.78, 5) is 30.3. The fourth-order valence-electron chi connectivity index (χ4n) is 5.88. The summed E-state index contributed by atoms with van der Waals surface area (Å²) in [6, 6.07) is 30.3. The van der Waals surface area contributed by atoms with Gasteiger partial charge in [-0.05, 0) is 72.5 Å². The van der Waals surface area contributed by atoms with E-state index in [1.807, 2.05) is 42.5 Å². The van der Waals surface area contributed by atoms with Gasteiger partial charge in [-0.2, -0.15) is 0 Å². The average molecular weight is 674 g/mol. The predicted molar refractivity (Wildman–Crippen MR) is 185 cm³/mol. The topological polar surface area (TPSA) is 96.0 Å². The fourth-order valence-corrected chi connectivity index (χ4v) is 7.42. The second-order valence-electron chi connectivity index (χ2n) is 11.7. The lowest BCUT2D eigenvalue weighted by Crippen LogP contribution is -2.55. The first-order valence-corrected chi connectivity index (χ1v) is 17.7. The molecule has 4 aromatic carbocycles. The van der Waals surface area contributed by atoms with Gasteiger partial charge in [0.25, 0.3) is 10.0 Å². The van der Waals surface area contributed by atoms with Gasteiger partial charge in [0.1, 0.15) is 18.3 Å². The number of halogens is 1. The van der Waals surface area contributed by atoms with Crippen LogP contribution < -0.4 is 14.4 Å². The molecule has 2 amide bonds. The number of sulfonamides is 1. The van der Waals surface area contributed by atoms with E-state index in [0.29, 0.717) is 16.5 Å². The van der Waals surface area contributed by atoms with Crippen molar-refractivity contribution in [1.29, 1.82) is 0 Å². The van der Waals surface area contributed by atoms with E-state index in [0.717, 1.165) is 47.5 Å². The van der Waals surface area contributed by atoms with E-state index in [9.17, 15) is 18.0 Å². The van der Waals surface area contributed by atoms with Crippen LogP contribution in [-0.4, -0.2) is 50.9 Å². The Morgan fingerprint density at radius 3 is 2.06 bits per heavy atom. The van der Waals surface area contributed by atoms with Gasteiger partial charge in [0.05, 0.1) is 17.7 Å². The number of anilines is 1. The third-order valence-electron chi connectivity index (χ3n) is 8.46. The van der Waals surface area contributed by atoms with Crippen molar-refractivity contribution >= 4 is 39.1 Å². The van der Waals surface area contributed by atoms with Crippen LogP contribution in [0, 0.1) is 0 Å². The maximum Gasteiger partial charge on any atom is 0.264 e. The molecule has 1 N–H and O–H groups in total. The molecule has 5 rings (SSSR count). The molecule has 1 aliphatic rings. The highest BCUT2D eigenvalue weighted by molar-refractivity contribution is 7.92. The van der Waals surface area contributed by atoms with Gasteiger partial charge in [-0.1, -0.05) is 91.5 Å². The Bertz CT molecular complexity index is 1710. The number of para-hydroxylation sites is 1. The molecule has 1 saturated carbocycles. The van der Waals surface area contributed by atoms with Crippen LogP contribution in [-0.2, 0) is 32.6 Å². The molecule has 1 fully saturated rings. The van der Waals surface area contributed by atoms with Gasteiger partial charge in [0.2, 0.25) is 11.8 Å². The molecule has 4 aromatic rings. The number of rotatable bonds is 13. The molecule has 1 atom stereocenters. The predicted octanol–water partition coefficient (Wildman–Crippen LogP) is 6.63. The number of carbonyl (C=O) groups is 2. The maximum atomic E-state index is 14.6. The van der Waals surface area contributed by atoms with Crippen molar-refractivity contribution in [2.75, 3.05) is 18.0 Å².